The SMILES string of the molecule is COc1cc(C)ccc1CNC(Cc1cc(=O)[nH]c(C)n1)c1ccc(Cl)cc1. The Morgan fingerprint density at radius 3 is 2.57 bits per heavy atom. The summed E-state index contributed by atoms with van der Waals surface area (Å²) in [7, 11) is 1.68. The summed E-state index contributed by atoms with van der Waals surface area (Å²) in [5, 5.41) is 4.27. The van der Waals surface area contributed by atoms with E-state index in [1.54, 1.807) is 20.1 Å². The second-order valence-corrected chi connectivity index (χ2v) is 7.26. The number of aromatic nitrogens is 2. The first-order valence-electron chi connectivity index (χ1n) is 9.14. The summed E-state index contributed by atoms with van der Waals surface area (Å²) in [5.41, 5.74) is 3.90. The maximum absolute atomic E-state index is 11.8. The van der Waals surface area contributed by atoms with E-state index in [1.165, 1.54) is 0 Å². The summed E-state index contributed by atoms with van der Waals surface area (Å²) in [6, 6.07) is 15.4. The summed E-state index contributed by atoms with van der Waals surface area (Å²) in [6.07, 6.45) is 0.584. The van der Waals surface area contributed by atoms with Gasteiger partial charge in [0, 0.05) is 41.4 Å². The highest BCUT2D eigenvalue weighted by atomic mass is 35.5. The molecule has 0 amide bonds. The van der Waals surface area contributed by atoms with Gasteiger partial charge >= 0.3 is 0 Å². The Bertz CT molecular complexity index is 999. The Morgan fingerprint density at radius 2 is 1.89 bits per heavy atom. The molecule has 1 unspecified atom stereocenters. The molecule has 5 nitrogen and oxygen atoms in total. The molecule has 2 N–H and O–H groups in total. The van der Waals surface area contributed by atoms with Crippen LogP contribution in [0.2, 0.25) is 5.02 Å². The van der Waals surface area contributed by atoms with E-state index in [4.69, 9.17) is 16.3 Å². The van der Waals surface area contributed by atoms with Crippen molar-refractivity contribution >= 4 is 11.6 Å². The highest BCUT2D eigenvalue weighted by Crippen LogP contribution is 2.23. The summed E-state index contributed by atoms with van der Waals surface area (Å²) in [4.78, 5) is 19.0. The lowest BCUT2D eigenvalue weighted by molar-refractivity contribution is 0.404. The predicted molar refractivity (Wildman–Crippen MR) is 112 cm³/mol. The standard InChI is InChI=1S/C22H24ClN3O2/c1-14-4-5-17(21(10-14)28-3)13-24-20(16-6-8-18(23)9-7-16)11-19-12-22(27)26-15(2)25-19/h4-10,12,20,24H,11,13H2,1-3H3,(H,25,26,27). The zero-order valence-corrected chi connectivity index (χ0v) is 17.0. The van der Waals surface area contributed by atoms with Crippen LogP contribution in [0.4, 0.5) is 0 Å². The number of halogens is 1. The minimum Gasteiger partial charge on any atom is -0.496 e. The molecule has 0 saturated carbocycles. The van der Waals surface area contributed by atoms with Crippen molar-refractivity contribution in [2.75, 3.05) is 7.11 Å². The molecule has 0 bridgehead atoms. The lowest BCUT2D eigenvalue weighted by Crippen LogP contribution is -2.24. The molecule has 28 heavy (non-hydrogen) atoms. The number of aromatic amines is 1. The number of hydrogen-bond donors (Lipinski definition) is 2. The third-order valence-corrected chi connectivity index (χ3v) is 4.83. The van der Waals surface area contributed by atoms with Crippen molar-refractivity contribution < 1.29 is 4.74 Å². The molecular formula is C22H24ClN3O2. The second kappa shape index (κ2) is 9.04. The van der Waals surface area contributed by atoms with Crippen LogP contribution in [-0.2, 0) is 13.0 Å². The molecule has 0 spiro atoms. The van der Waals surface area contributed by atoms with Crippen molar-refractivity contribution in [3.05, 3.63) is 92.1 Å². The van der Waals surface area contributed by atoms with Gasteiger partial charge in [-0.05, 0) is 43.2 Å². The number of H-pyrrole nitrogens is 1. The highest BCUT2D eigenvalue weighted by Gasteiger charge is 2.15. The molecule has 0 radical (unpaired) electrons. The summed E-state index contributed by atoms with van der Waals surface area (Å²) >= 11 is 6.05. The molecule has 1 heterocycles. The topological polar surface area (TPSA) is 67.0 Å². The fourth-order valence-corrected chi connectivity index (χ4v) is 3.31. The van der Waals surface area contributed by atoms with Gasteiger partial charge in [-0.1, -0.05) is 35.9 Å². The number of hydrogen-bond acceptors (Lipinski definition) is 4. The zero-order valence-electron chi connectivity index (χ0n) is 16.3. The zero-order chi connectivity index (χ0) is 20.1. The first kappa shape index (κ1) is 20.1. The predicted octanol–water partition coefficient (Wildman–Crippen LogP) is 4.12. The first-order chi connectivity index (χ1) is 13.4. The molecule has 0 saturated heterocycles. The van der Waals surface area contributed by atoms with Gasteiger partial charge in [0.2, 0.25) is 0 Å². The number of nitrogens with one attached hydrogen (secondary N) is 2. The second-order valence-electron chi connectivity index (χ2n) is 6.83. The number of nitrogens with zero attached hydrogens (tertiary/aromatic N) is 1. The van der Waals surface area contributed by atoms with Gasteiger partial charge in [0.15, 0.2) is 0 Å². The van der Waals surface area contributed by atoms with E-state index >= 15 is 0 Å². The molecule has 2 aromatic carbocycles. The van der Waals surface area contributed by atoms with E-state index in [2.05, 4.69) is 27.4 Å². The average molecular weight is 398 g/mol. The van der Waals surface area contributed by atoms with Gasteiger partial charge < -0.3 is 15.0 Å². The number of rotatable bonds is 7. The molecule has 3 aromatic rings. The van der Waals surface area contributed by atoms with Crippen molar-refractivity contribution in [1.29, 1.82) is 0 Å². The van der Waals surface area contributed by atoms with Gasteiger partial charge in [-0.15, -0.1) is 0 Å². The molecule has 0 aliphatic heterocycles. The monoisotopic (exact) mass is 397 g/mol. The molecule has 0 aliphatic carbocycles. The molecule has 3 rings (SSSR count). The molecule has 6 heteroatoms. The summed E-state index contributed by atoms with van der Waals surface area (Å²) in [6.45, 7) is 4.45. The van der Waals surface area contributed by atoms with Crippen LogP contribution in [0.5, 0.6) is 5.75 Å². The quantitative estimate of drug-likeness (QED) is 0.629. The molecule has 1 aromatic heterocycles. The van der Waals surface area contributed by atoms with Crippen LogP contribution >= 0.6 is 11.6 Å². The van der Waals surface area contributed by atoms with E-state index in [1.807, 2.05) is 37.3 Å². The van der Waals surface area contributed by atoms with E-state index < -0.39 is 0 Å². The highest BCUT2D eigenvalue weighted by molar-refractivity contribution is 6.30. The van der Waals surface area contributed by atoms with Crippen LogP contribution in [0.15, 0.2) is 53.3 Å². The van der Waals surface area contributed by atoms with Crippen LogP contribution in [0.25, 0.3) is 0 Å². The first-order valence-corrected chi connectivity index (χ1v) is 9.51. The van der Waals surface area contributed by atoms with Gasteiger partial charge in [-0.2, -0.15) is 0 Å². The smallest absolute Gasteiger partial charge is 0.251 e. The number of ether oxygens (including phenoxy) is 1. The molecule has 0 fully saturated rings. The Hall–Kier alpha value is -2.63. The Labute approximate surface area is 169 Å². The van der Waals surface area contributed by atoms with Gasteiger partial charge in [-0.3, -0.25) is 4.79 Å². The van der Waals surface area contributed by atoms with Crippen molar-refractivity contribution in [1.82, 2.24) is 15.3 Å². The molecule has 0 aliphatic rings. The number of benzene rings is 2. The lowest BCUT2D eigenvalue weighted by atomic mass is 10.0. The number of aryl methyl sites for hydroxylation is 2. The fourth-order valence-electron chi connectivity index (χ4n) is 3.19. The minimum absolute atomic E-state index is 0.0306. The van der Waals surface area contributed by atoms with Crippen LogP contribution in [0.3, 0.4) is 0 Å². The lowest BCUT2D eigenvalue weighted by Gasteiger charge is -2.20. The third-order valence-electron chi connectivity index (χ3n) is 4.58. The Kier molecular flexibility index (Phi) is 6.49. The van der Waals surface area contributed by atoms with Crippen LogP contribution < -0.4 is 15.6 Å². The van der Waals surface area contributed by atoms with Crippen molar-refractivity contribution in [3.8, 4) is 5.75 Å². The van der Waals surface area contributed by atoms with Crippen LogP contribution in [-0.4, -0.2) is 17.1 Å². The largest absolute Gasteiger partial charge is 0.496 e. The fraction of sp³-hybridized carbons (Fsp3) is 0.273. The Balaban J connectivity index is 1.86. The maximum Gasteiger partial charge on any atom is 0.251 e. The van der Waals surface area contributed by atoms with Crippen molar-refractivity contribution in [2.24, 2.45) is 0 Å². The minimum atomic E-state index is -0.141. The average Bonchev–Trinajstić information content (AvgIpc) is 2.65. The van der Waals surface area contributed by atoms with Crippen molar-refractivity contribution in [3.63, 3.8) is 0 Å². The van der Waals surface area contributed by atoms with E-state index in [9.17, 15) is 4.79 Å². The van der Waals surface area contributed by atoms with Gasteiger partial charge in [0.25, 0.3) is 5.56 Å². The van der Waals surface area contributed by atoms with Gasteiger partial charge in [-0.25, -0.2) is 4.98 Å². The van der Waals surface area contributed by atoms with Gasteiger partial charge in [0.05, 0.1) is 7.11 Å². The molecular weight excluding hydrogens is 374 g/mol. The Morgan fingerprint density at radius 1 is 1.14 bits per heavy atom. The normalized spacial score (nSPS) is 12.0. The van der Waals surface area contributed by atoms with Gasteiger partial charge in [0.1, 0.15) is 11.6 Å². The number of methoxy groups -OCH3 is 1. The molecule has 1 atom stereocenters. The van der Waals surface area contributed by atoms with Crippen molar-refractivity contribution in [2.45, 2.75) is 32.9 Å². The maximum atomic E-state index is 11.8. The van der Waals surface area contributed by atoms with E-state index in [0.29, 0.717) is 23.8 Å². The summed E-state index contributed by atoms with van der Waals surface area (Å²) in [5.74, 6) is 1.46. The van der Waals surface area contributed by atoms with E-state index in [-0.39, 0.29) is 11.6 Å². The van der Waals surface area contributed by atoms with Crippen LogP contribution in [0.1, 0.15) is 34.3 Å². The summed E-state index contributed by atoms with van der Waals surface area (Å²) < 4.78 is 5.51. The van der Waals surface area contributed by atoms with Crippen LogP contribution in [0, 0.1) is 13.8 Å². The third kappa shape index (κ3) is 5.21. The van der Waals surface area contributed by atoms with E-state index in [0.717, 1.165) is 28.1 Å². The molecule has 146 valence electrons.